The zero-order valence-electron chi connectivity index (χ0n) is 8.06. The Balaban J connectivity index is 1.84. The van der Waals surface area contributed by atoms with Crippen LogP contribution in [0.25, 0.3) is 0 Å². The summed E-state index contributed by atoms with van der Waals surface area (Å²) in [5.74, 6) is 1.26. The van der Waals surface area contributed by atoms with E-state index in [2.05, 4.69) is 24.2 Å². The van der Waals surface area contributed by atoms with Crippen molar-refractivity contribution in [2.45, 2.75) is 45.6 Å². The van der Waals surface area contributed by atoms with Crippen molar-refractivity contribution in [3.63, 3.8) is 0 Å². The van der Waals surface area contributed by atoms with Crippen molar-refractivity contribution in [2.24, 2.45) is 10.4 Å². The third-order valence-corrected chi connectivity index (χ3v) is 2.98. The summed E-state index contributed by atoms with van der Waals surface area (Å²) in [7, 11) is 0. The molecule has 1 unspecified atom stereocenters. The van der Waals surface area contributed by atoms with Crippen LogP contribution in [0.5, 0.6) is 0 Å². The Bertz CT molecular complexity index is 206. The van der Waals surface area contributed by atoms with E-state index in [1.54, 1.807) is 0 Å². The van der Waals surface area contributed by atoms with Gasteiger partial charge in [-0.05, 0) is 24.7 Å². The van der Waals surface area contributed by atoms with E-state index < -0.39 is 0 Å². The fourth-order valence-electron chi connectivity index (χ4n) is 1.73. The molecule has 12 heavy (non-hydrogen) atoms. The highest BCUT2D eigenvalue weighted by Gasteiger charge is 2.46. The number of nitrogens with zero attached hydrogens (tertiary/aromatic N) is 1. The van der Waals surface area contributed by atoms with Crippen LogP contribution in [0, 0.1) is 5.41 Å². The Labute approximate surface area is 74.5 Å². The molecule has 1 fully saturated rings. The SMILES string of the molecule is CC1(C)CC1NC1=NCCCC1. The van der Waals surface area contributed by atoms with Crippen molar-refractivity contribution < 1.29 is 0 Å². The summed E-state index contributed by atoms with van der Waals surface area (Å²) in [5, 5.41) is 3.53. The van der Waals surface area contributed by atoms with Gasteiger partial charge in [0, 0.05) is 19.0 Å². The molecule has 0 spiro atoms. The first-order valence-electron chi connectivity index (χ1n) is 4.98. The van der Waals surface area contributed by atoms with Crippen molar-refractivity contribution in [2.75, 3.05) is 6.54 Å². The molecule has 1 aliphatic carbocycles. The zero-order valence-corrected chi connectivity index (χ0v) is 8.06. The Morgan fingerprint density at radius 2 is 2.17 bits per heavy atom. The maximum absolute atomic E-state index is 4.48. The van der Waals surface area contributed by atoms with Crippen LogP contribution in [0.2, 0.25) is 0 Å². The Hall–Kier alpha value is -0.530. The molecule has 0 radical (unpaired) electrons. The van der Waals surface area contributed by atoms with Crippen molar-refractivity contribution in [3.8, 4) is 0 Å². The van der Waals surface area contributed by atoms with Crippen molar-refractivity contribution in [1.29, 1.82) is 0 Å². The van der Waals surface area contributed by atoms with Crippen molar-refractivity contribution >= 4 is 5.84 Å². The van der Waals surface area contributed by atoms with Crippen LogP contribution >= 0.6 is 0 Å². The molecule has 1 aliphatic heterocycles. The second-order valence-electron chi connectivity index (χ2n) is 4.68. The van der Waals surface area contributed by atoms with Crippen molar-refractivity contribution in [3.05, 3.63) is 0 Å². The lowest BCUT2D eigenvalue weighted by atomic mass is 10.1. The molecular formula is C10H18N2. The van der Waals surface area contributed by atoms with Gasteiger partial charge in [-0.15, -0.1) is 0 Å². The first-order valence-corrected chi connectivity index (χ1v) is 4.98. The molecule has 0 saturated heterocycles. The standard InChI is InChI=1S/C10H18N2/c1-10(2)7-8(10)12-9-5-3-4-6-11-9/h8H,3-7H2,1-2H3,(H,11,12). The molecule has 2 heteroatoms. The Morgan fingerprint density at radius 3 is 2.67 bits per heavy atom. The van der Waals surface area contributed by atoms with Gasteiger partial charge in [0.2, 0.25) is 0 Å². The molecule has 1 atom stereocenters. The average Bonchev–Trinajstić information content (AvgIpc) is 2.61. The van der Waals surface area contributed by atoms with Crippen molar-refractivity contribution in [1.82, 2.24) is 5.32 Å². The number of aliphatic imine (C=N–C) groups is 1. The fourth-order valence-corrected chi connectivity index (χ4v) is 1.73. The molecule has 2 rings (SSSR count). The maximum Gasteiger partial charge on any atom is 0.0965 e. The van der Waals surface area contributed by atoms with Crippen LogP contribution in [0.3, 0.4) is 0 Å². The first kappa shape index (κ1) is 8.09. The third-order valence-electron chi connectivity index (χ3n) is 2.98. The van der Waals surface area contributed by atoms with Gasteiger partial charge in [-0.1, -0.05) is 13.8 Å². The number of nitrogens with one attached hydrogen (secondary N) is 1. The molecule has 0 bridgehead atoms. The molecule has 1 heterocycles. The summed E-state index contributed by atoms with van der Waals surface area (Å²) < 4.78 is 0. The summed E-state index contributed by atoms with van der Waals surface area (Å²) in [4.78, 5) is 4.48. The van der Waals surface area contributed by atoms with E-state index in [0.717, 1.165) is 6.54 Å². The van der Waals surface area contributed by atoms with E-state index in [1.807, 2.05) is 0 Å². The van der Waals surface area contributed by atoms with Gasteiger partial charge in [-0.2, -0.15) is 0 Å². The van der Waals surface area contributed by atoms with Crippen LogP contribution in [-0.2, 0) is 0 Å². The van der Waals surface area contributed by atoms with Gasteiger partial charge in [-0.25, -0.2) is 0 Å². The molecule has 1 N–H and O–H groups in total. The topological polar surface area (TPSA) is 24.4 Å². The lowest BCUT2D eigenvalue weighted by molar-refractivity contribution is 0.586. The minimum absolute atomic E-state index is 0.528. The lowest BCUT2D eigenvalue weighted by Crippen LogP contribution is -2.30. The number of hydrogen-bond donors (Lipinski definition) is 1. The monoisotopic (exact) mass is 166 g/mol. The van der Waals surface area contributed by atoms with E-state index in [9.17, 15) is 0 Å². The summed E-state index contributed by atoms with van der Waals surface area (Å²) in [6.07, 6.45) is 5.08. The first-order chi connectivity index (χ1) is 5.68. The smallest absolute Gasteiger partial charge is 0.0965 e. The van der Waals surface area contributed by atoms with E-state index >= 15 is 0 Å². The summed E-state index contributed by atoms with van der Waals surface area (Å²) >= 11 is 0. The molecule has 68 valence electrons. The van der Waals surface area contributed by atoms with Gasteiger partial charge in [0.1, 0.15) is 0 Å². The highest BCUT2D eigenvalue weighted by molar-refractivity contribution is 5.83. The number of amidine groups is 1. The summed E-state index contributed by atoms with van der Waals surface area (Å²) in [6.45, 7) is 5.66. The van der Waals surface area contributed by atoms with Gasteiger partial charge >= 0.3 is 0 Å². The molecule has 2 nitrogen and oxygen atoms in total. The predicted octanol–water partition coefficient (Wildman–Crippen LogP) is 1.96. The highest BCUT2D eigenvalue weighted by atomic mass is 15.1. The van der Waals surface area contributed by atoms with Gasteiger partial charge in [0.25, 0.3) is 0 Å². The third kappa shape index (κ3) is 1.62. The quantitative estimate of drug-likeness (QED) is 0.632. The normalized spacial score (nSPS) is 32.5. The van der Waals surface area contributed by atoms with Gasteiger partial charge in [0.05, 0.1) is 5.84 Å². The average molecular weight is 166 g/mol. The van der Waals surface area contributed by atoms with Crippen LogP contribution in [0.1, 0.15) is 39.5 Å². The van der Waals surface area contributed by atoms with Crippen LogP contribution < -0.4 is 5.32 Å². The second kappa shape index (κ2) is 2.75. The summed E-state index contributed by atoms with van der Waals surface area (Å²) in [6, 6.07) is 0.703. The molecule has 0 aromatic heterocycles. The molecular weight excluding hydrogens is 148 g/mol. The van der Waals surface area contributed by atoms with Gasteiger partial charge in [0.15, 0.2) is 0 Å². The Morgan fingerprint density at radius 1 is 1.42 bits per heavy atom. The van der Waals surface area contributed by atoms with E-state index in [-0.39, 0.29) is 0 Å². The van der Waals surface area contributed by atoms with E-state index in [1.165, 1.54) is 31.5 Å². The number of rotatable bonds is 1. The molecule has 0 aromatic rings. The highest BCUT2D eigenvalue weighted by Crippen LogP contribution is 2.44. The largest absolute Gasteiger partial charge is 0.371 e. The van der Waals surface area contributed by atoms with Crippen LogP contribution in [0.15, 0.2) is 4.99 Å². The van der Waals surface area contributed by atoms with Crippen LogP contribution in [0.4, 0.5) is 0 Å². The molecule has 2 aliphatic rings. The molecule has 0 amide bonds. The Kier molecular flexibility index (Phi) is 1.85. The fraction of sp³-hybridized carbons (Fsp3) is 0.900. The molecule has 1 saturated carbocycles. The minimum Gasteiger partial charge on any atom is -0.371 e. The second-order valence-corrected chi connectivity index (χ2v) is 4.68. The summed E-state index contributed by atoms with van der Waals surface area (Å²) in [5.41, 5.74) is 0.528. The van der Waals surface area contributed by atoms with Gasteiger partial charge in [-0.3, -0.25) is 4.99 Å². The maximum atomic E-state index is 4.48. The molecule has 0 aromatic carbocycles. The zero-order chi connectivity index (χ0) is 8.60. The lowest BCUT2D eigenvalue weighted by Gasteiger charge is -2.14. The van der Waals surface area contributed by atoms with E-state index in [0.29, 0.717) is 11.5 Å². The minimum atomic E-state index is 0.528. The predicted molar refractivity (Wildman–Crippen MR) is 51.5 cm³/mol. The number of hydrogen-bond acceptors (Lipinski definition) is 2. The van der Waals surface area contributed by atoms with Crippen LogP contribution in [-0.4, -0.2) is 18.4 Å². The van der Waals surface area contributed by atoms with E-state index in [4.69, 9.17) is 0 Å². The van der Waals surface area contributed by atoms with Gasteiger partial charge < -0.3 is 5.32 Å².